The smallest absolute Gasteiger partial charge is 0.307 e. The van der Waals surface area contributed by atoms with Crippen LogP contribution < -0.4 is 0 Å². The molecule has 0 fully saturated rings. The number of hydrogen-bond acceptors (Lipinski definition) is 5. The molecule has 0 unspecified atom stereocenters. The number of carbonyl (C=O) groups excluding carboxylic acids is 1. The van der Waals surface area contributed by atoms with E-state index in [1.54, 1.807) is 0 Å². The molecule has 0 N–H and O–H groups in total. The minimum atomic E-state index is -0.477. The van der Waals surface area contributed by atoms with Gasteiger partial charge in [-0.3, -0.25) is 4.79 Å². The third kappa shape index (κ3) is 3.64. The lowest BCUT2D eigenvalue weighted by atomic mass is 9.88. The first-order valence-corrected chi connectivity index (χ1v) is 5.19. The van der Waals surface area contributed by atoms with Crippen molar-refractivity contribution in [1.82, 2.24) is 10.1 Å². The van der Waals surface area contributed by atoms with Gasteiger partial charge in [-0.2, -0.15) is 4.98 Å². The molecule has 0 amide bonds. The molecule has 1 aromatic rings. The van der Waals surface area contributed by atoms with E-state index in [9.17, 15) is 4.79 Å². The average Bonchev–Trinajstić information content (AvgIpc) is 2.49. The Morgan fingerprint density at radius 2 is 2.00 bits per heavy atom. The van der Waals surface area contributed by atoms with Crippen LogP contribution in [-0.2, 0) is 14.9 Å². The first-order chi connectivity index (χ1) is 7.21. The van der Waals surface area contributed by atoms with E-state index in [0.29, 0.717) is 5.82 Å². The molecule has 0 aromatic carbocycles. The maximum absolute atomic E-state index is 11.7. The molecule has 0 spiro atoms. The Kier molecular flexibility index (Phi) is 3.35. The third-order valence-electron chi connectivity index (χ3n) is 1.97. The average molecular weight is 226 g/mol. The van der Waals surface area contributed by atoms with Crippen LogP contribution in [0, 0.1) is 0 Å². The number of carbonyl (C=O) groups is 1. The standard InChI is InChI=1S/C11H18N2O3/c1-10(2,3)16-8(14)6-11(4,5)9-12-7-15-13-9/h7H,6H2,1-5H3. The fourth-order valence-corrected chi connectivity index (χ4v) is 1.29. The lowest BCUT2D eigenvalue weighted by molar-refractivity contribution is -0.156. The second kappa shape index (κ2) is 4.23. The quantitative estimate of drug-likeness (QED) is 0.738. The first-order valence-electron chi connectivity index (χ1n) is 5.19. The van der Waals surface area contributed by atoms with E-state index < -0.39 is 11.0 Å². The van der Waals surface area contributed by atoms with Crippen molar-refractivity contribution in [2.24, 2.45) is 0 Å². The van der Waals surface area contributed by atoms with Crippen molar-refractivity contribution in [2.75, 3.05) is 0 Å². The Balaban J connectivity index is 2.64. The van der Waals surface area contributed by atoms with E-state index in [0.717, 1.165) is 0 Å². The highest BCUT2D eigenvalue weighted by Crippen LogP contribution is 2.25. The zero-order chi connectivity index (χ0) is 12.4. The highest BCUT2D eigenvalue weighted by atomic mass is 16.6. The summed E-state index contributed by atoms with van der Waals surface area (Å²) in [6.45, 7) is 9.27. The van der Waals surface area contributed by atoms with E-state index in [-0.39, 0.29) is 12.4 Å². The summed E-state index contributed by atoms with van der Waals surface area (Å²) < 4.78 is 9.92. The van der Waals surface area contributed by atoms with Crippen molar-refractivity contribution in [3.05, 3.63) is 12.2 Å². The van der Waals surface area contributed by atoms with Gasteiger partial charge in [0.1, 0.15) is 5.60 Å². The summed E-state index contributed by atoms with van der Waals surface area (Å²) in [7, 11) is 0. The summed E-state index contributed by atoms with van der Waals surface area (Å²) in [5, 5.41) is 3.74. The van der Waals surface area contributed by atoms with Crippen LogP contribution >= 0.6 is 0 Å². The minimum absolute atomic E-state index is 0.226. The molecule has 0 bridgehead atoms. The highest BCUT2D eigenvalue weighted by Gasteiger charge is 2.30. The van der Waals surface area contributed by atoms with Crippen LogP contribution in [0.1, 0.15) is 46.9 Å². The molecule has 1 aromatic heterocycles. The third-order valence-corrected chi connectivity index (χ3v) is 1.97. The summed E-state index contributed by atoms with van der Waals surface area (Å²) in [5.41, 5.74) is -0.945. The zero-order valence-electron chi connectivity index (χ0n) is 10.4. The van der Waals surface area contributed by atoms with Crippen LogP contribution in [-0.4, -0.2) is 21.7 Å². The molecular weight excluding hydrogens is 208 g/mol. The van der Waals surface area contributed by atoms with Crippen LogP contribution in [0.2, 0.25) is 0 Å². The van der Waals surface area contributed by atoms with Crippen molar-refractivity contribution < 1.29 is 14.1 Å². The van der Waals surface area contributed by atoms with Gasteiger partial charge in [0.25, 0.3) is 0 Å². The number of esters is 1. The molecule has 5 nitrogen and oxygen atoms in total. The predicted molar refractivity (Wildman–Crippen MR) is 57.8 cm³/mol. The minimum Gasteiger partial charge on any atom is -0.460 e. The van der Waals surface area contributed by atoms with Gasteiger partial charge in [0.2, 0.25) is 6.39 Å². The summed E-state index contributed by atoms with van der Waals surface area (Å²) in [6, 6.07) is 0. The molecule has 1 heterocycles. The number of ether oxygens (including phenoxy) is 1. The fourth-order valence-electron chi connectivity index (χ4n) is 1.29. The number of aromatic nitrogens is 2. The molecular formula is C11H18N2O3. The molecule has 5 heteroatoms. The van der Waals surface area contributed by atoms with E-state index in [1.165, 1.54) is 6.39 Å². The molecule has 0 saturated carbocycles. The lowest BCUT2D eigenvalue weighted by Gasteiger charge is -2.24. The number of hydrogen-bond donors (Lipinski definition) is 0. The first kappa shape index (κ1) is 12.7. The Hall–Kier alpha value is -1.39. The summed E-state index contributed by atoms with van der Waals surface area (Å²) >= 11 is 0. The van der Waals surface area contributed by atoms with E-state index >= 15 is 0 Å². The van der Waals surface area contributed by atoms with Gasteiger partial charge < -0.3 is 9.26 Å². The van der Waals surface area contributed by atoms with Gasteiger partial charge >= 0.3 is 5.97 Å². The van der Waals surface area contributed by atoms with Crippen LogP contribution in [0.3, 0.4) is 0 Å². The Bertz CT molecular complexity index is 350. The van der Waals surface area contributed by atoms with E-state index in [1.807, 2.05) is 34.6 Å². The second-order valence-corrected chi connectivity index (χ2v) is 5.40. The van der Waals surface area contributed by atoms with Crippen molar-refractivity contribution in [3.8, 4) is 0 Å². The van der Waals surface area contributed by atoms with Crippen LogP contribution in [0.15, 0.2) is 10.9 Å². The molecule has 1 rings (SSSR count). The molecule has 0 saturated heterocycles. The van der Waals surface area contributed by atoms with Crippen molar-refractivity contribution in [2.45, 2.75) is 52.1 Å². The van der Waals surface area contributed by atoms with Gasteiger partial charge in [0.05, 0.1) is 6.42 Å². The van der Waals surface area contributed by atoms with Crippen LogP contribution in [0.25, 0.3) is 0 Å². The number of rotatable bonds is 3. The molecule has 0 aliphatic heterocycles. The number of nitrogens with zero attached hydrogens (tertiary/aromatic N) is 2. The molecule has 90 valence electrons. The lowest BCUT2D eigenvalue weighted by Crippen LogP contribution is -2.30. The zero-order valence-corrected chi connectivity index (χ0v) is 10.4. The van der Waals surface area contributed by atoms with Gasteiger partial charge in [-0.15, -0.1) is 0 Å². The van der Waals surface area contributed by atoms with Gasteiger partial charge in [0, 0.05) is 5.41 Å². The molecule has 0 aliphatic rings. The maximum Gasteiger partial charge on any atom is 0.307 e. The van der Waals surface area contributed by atoms with E-state index in [2.05, 4.69) is 14.7 Å². The van der Waals surface area contributed by atoms with Crippen LogP contribution in [0.5, 0.6) is 0 Å². The largest absolute Gasteiger partial charge is 0.460 e. The summed E-state index contributed by atoms with van der Waals surface area (Å²) in [5.74, 6) is 0.251. The molecule has 0 aliphatic carbocycles. The fraction of sp³-hybridized carbons (Fsp3) is 0.727. The molecule has 16 heavy (non-hydrogen) atoms. The second-order valence-electron chi connectivity index (χ2n) is 5.40. The Labute approximate surface area is 95.2 Å². The SMILES string of the molecule is CC(C)(C)OC(=O)CC(C)(C)c1ncon1. The van der Waals surface area contributed by atoms with Crippen molar-refractivity contribution >= 4 is 5.97 Å². The summed E-state index contributed by atoms with van der Waals surface area (Å²) in [6.07, 6.45) is 1.48. The Morgan fingerprint density at radius 3 is 2.44 bits per heavy atom. The topological polar surface area (TPSA) is 65.2 Å². The van der Waals surface area contributed by atoms with Gasteiger partial charge in [0.15, 0.2) is 5.82 Å². The monoisotopic (exact) mass is 226 g/mol. The predicted octanol–water partition coefficient (Wildman–Crippen LogP) is 2.08. The maximum atomic E-state index is 11.7. The normalized spacial score (nSPS) is 12.6. The van der Waals surface area contributed by atoms with Crippen LogP contribution in [0.4, 0.5) is 0 Å². The van der Waals surface area contributed by atoms with Gasteiger partial charge in [-0.25, -0.2) is 0 Å². The Morgan fingerprint density at radius 1 is 1.38 bits per heavy atom. The molecule has 0 radical (unpaired) electrons. The van der Waals surface area contributed by atoms with E-state index in [4.69, 9.17) is 4.74 Å². The van der Waals surface area contributed by atoms with Crippen molar-refractivity contribution in [1.29, 1.82) is 0 Å². The van der Waals surface area contributed by atoms with Gasteiger partial charge in [-0.1, -0.05) is 19.0 Å². The van der Waals surface area contributed by atoms with Crippen molar-refractivity contribution in [3.63, 3.8) is 0 Å². The highest BCUT2D eigenvalue weighted by molar-refractivity contribution is 5.71. The van der Waals surface area contributed by atoms with Gasteiger partial charge in [-0.05, 0) is 20.8 Å². The molecule has 0 atom stereocenters. The summed E-state index contributed by atoms with van der Waals surface area (Å²) in [4.78, 5) is 15.6.